The van der Waals surface area contributed by atoms with Crippen LogP contribution < -0.4 is 10.6 Å². The molecule has 2 aliphatic rings. The highest BCUT2D eigenvalue weighted by Crippen LogP contribution is 2.32. The molecule has 2 aliphatic heterocycles. The van der Waals surface area contributed by atoms with E-state index in [4.69, 9.17) is 0 Å². The topological polar surface area (TPSA) is 105 Å². The van der Waals surface area contributed by atoms with Gasteiger partial charge in [0.2, 0.25) is 11.9 Å². The fourth-order valence-electron chi connectivity index (χ4n) is 7.04. The maximum Gasteiger partial charge on any atom is 0.225 e. The number of likely N-dealkylation sites (tertiary alicyclic amines) is 2. The van der Waals surface area contributed by atoms with Gasteiger partial charge < -0.3 is 25.0 Å². The van der Waals surface area contributed by atoms with E-state index in [9.17, 15) is 14.4 Å². The molecule has 0 bridgehead atoms. The Morgan fingerprint density at radius 2 is 1.81 bits per heavy atom. The van der Waals surface area contributed by atoms with Crippen molar-refractivity contribution in [3.63, 3.8) is 0 Å². The third-order valence-electron chi connectivity index (χ3n) is 10.0. The first kappa shape index (κ1) is 33.1. The summed E-state index contributed by atoms with van der Waals surface area (Å²) in [6.45, 7) is 8.16. The van der Waals surface area contributed by atoms with Gasteiger partial charge in [0, 0.05) is 82.1 Å². The number of hydrogen-bond donors (Lipinski definition) is 2. The summed E-state index contributed by atoms with van der Waals surface area (Å²) in [6.07, 6.45) is 4.70. The second-order valence-corrected chi connectivity index (χ2v) is 14.4. The first-order valence-electron chi connectivity index (χ1n) is 16.7. The van der Waals surface area contributed by atoms with E-state index in [2.05, 4.69) is 66.2 Å². The Morgan fingerprint density at radius 3 is 2.49 bits per heavy atom. The number of aryl methyl sites for hydroxylation is 1. The highest BCUT2D eigenvalue weighted by Gasteiger charge is 2.24. The molecule has 10 nitrogen and oxygen atoms in total. The lowest BCUT2D eigenvalue weighted by atomic mass is 9.93. The molecule has 2 N–H and O–H groups in total. The fourth-order valence-corrected chi connectivity index (χ4v) is 7.92. The van der Waals surface area contributed by atoms with Crippen molar-refractivity contribution < 1.29 is 9.18 Å². The number of alkyl halides is 1. The number of carbonyl (C=O) groups excluding carboxylic acids is 1. The minimum atomic E-state index is -0.497. The molecule has 2 fully saturated rings. The molecule has 12 heteroatoms. The van der Waals surface area contributed by atoms with Crippen LogP contribution >= 0.6 is 11.3 Å². The maximum absolute atomic E-state index is 13.4. The number of carbonyl (C=O) groups is 1. The molecule has 3 aromatic heterocycles. The van der Waals surface area contributed by atoms with Crippen molar-refractivity contribution in [1.29, 1.82) is 5.26 Å². The number of piperidine rings is 2. The second-order valence-electron chi connectivity index (χ2n) is 13.3. The van der Waals surface area contributed by atoms with Crippen molar-refractivity contribution in [2.45, 2.75) is 64.8 Å². The maximum atomic E-state index is 13.4. The second kappa shape index (κ2) is 14.5. The third kappa shape index (κ3) is 7.37. The number of halogens is 1. The van der Waals surface area contributed by atoms with Crippen molar-refractivity contribution in [2.75, 3.05) is 64.5 Å². The molecule has 250 valence electrons. The normalized spacial score (nSPS) is 16.9. The van der Waals surface area contributed by atoms with Crippen LogP contribution in [0, 0.1) is 24.2 Å². The summed E-state index contributed by atoms with van der Waals surface area (Å²) in [4.78, 5) is 29.4. The fraction of sp³-hybridized carbons (Fsp3) is 0.543. The van der Waals surface area contributed by atoms with Crippen molar-refractivity contribution in [3.8, 4) is 6.07 Å². The highest BCUT2D eigenvalue weighted by molar-refractivity contribution is 7.18. The molecule has 0 aliphatic carbocycles. The molecule has 47 heavy (non-hydrogen) atoms. The predicted molar refractivity (Wildman–Crippen MR) is 188 cm³/mol. The quantitative estimate of drug-likeness (QED) is 0.214. The minimum absolute atomic E-state index is 0.217. The summed E-state index contributed by atoms with van der Waals surface area (Å²) in [7, 11) is 5.45. The summed E-state index contributed by atoms with van der Waals surface area (Å²) in [6, 6.07) is 11.1. The van der Waals surface area contributed by atoms with E-state index in [0.717, 1.165) is 98.4 Å². The van der Waals surface area contributed by atoms with Crippen LogP contribution in [-0.4, -0.2) is 95.1 Å². The van der Waals surface area contributed by atoms with Gasteiger partial charge in [0.25, 0.3) is 0 Å². The molecule has 0 atom stereocenters. The van der Waals surface area contributed by atoms with Crippen LogP contribution in [0.5, 0.6) is 0 Å². The zero-order valence-corrected chi connectivity index (χ0v) is 28.8. The molecular weight excluding hydrogens is 614 g/mol. The standard InChI is InChI=1S/C35H46FN9OS/c1-23-25(22-44-13-9-26(10-14-44)39-33-30-19-28(20-36)47-34(30)41-35(38-2)40-33)5-6-31-29(23)18-27(21-37)45(31)16-15-43-11-7-24(8-12-43)17-32(46)42(3)4/h5-6,18-19,24,26H,7-17,20,22H2,1-4H3,(H2,38,39,40,41). The zero-order valence-electron chi connectivity index (χ0n) is 28.0. The van der Waals surface area contributed by atoms with Crippen LogP contribution in [0.4, 0.5) is 16.2 Å². The summed E-state index contributed by atoms with van der Waals surface area (Å²) >= 11 is 1.38. The van der Waals surface area contributed by atoms with E-state index in [1.807, 2.05) is 20.2 Å². The van der Waals surface area contributed by atoms with Crippen LogP contribution in [-0.2, 0) is 24.6 Å². The van der Waals surface area contributed by atoms with Gasteiger partial charge in [-0.15, -0.1) is 11.3 Å². The van der Waals surface area contributed by atoms with Crippen LogP contribution in [0.15, 0.2) is 24.3 Å². The lowest BCUT2D eigenvalue weighted by molar-refractivity contribution is -0.130. The van der Waals surface area contributed by atoms with E-state index in [1.54, 1.807) is 11.9 Å². The molecule has 5 heterocycles. The molecule has 1 aromatic carbocycles. The molecule has 0 saturated carbocycles. The molecule has 0 unspecified atom stereocenters. The van der Waals surface area contributed by atoms with Gasteiger partial charge in [-0.2, -0.15) is 10.2 Å². The van der Waals surface area contributed by atoms with Gasteiger partial charge in [-0.3, -0.25) is 9.69 Å². The number of nitrogens with one attached hydrogen (secondary N) is 2. The van der Waals surface area contributed by atoms with Crippen LogP contribution in [0.3, 0.4) is 0 Å². The Hall–Kier alpha value is -3.79. The van der Waals surface area contributed by atoms with E-state index >= 15 is 0 Å². The first-order valence-corrected chi connectivity index (χ1v) is 17.5. The van der Waals surface area contributed by atoms with Crippen molar-refractivity contribution in [1.82, 2.24) is 29.2 Å². The number of benzene rings is 1. The SMILES string of the molecule is CNc1nc(NC2CCN(Cc3ccc4c(cc(C#N)n4CCN4CCC(CC(=O)N(C)C)CC4)c3C)CC2)c2cc(CF)sc2n1. The molecule has 1 amide bonds. The molecule has 4 aromatic rings. The van der Waals surface area contributed by atoms with Crippen molar-refractivity contribution in [2.24, 2.45) is 5.92 Å². The number of hydrogen-bond acceptors (Lipinski definition) is 9. The monoisotopic (exact) mass is 659 g/mol. The first-order chi connectivity index (χ1) is 22.8. The zero-order chi connectivity index (χ0) is 33.1. The van der Waals surface area contributed by atoms with Crippen LogP contribution in [0.2, 0.25) is 0 Å². The van der Waals surface area contributed by atoms with Crippen molar-refractivity contribution in [3.05, 3.63) is 46.0 Å². The van der Waals surface area contributed by atoms with Gasteiger partial charge in [0.15, 0.2) is 0 Å². The summed E-state index contributed by atoms with van der Waals surface area (Å²) in [5, 5.41) is 18.7. The summed E-state index contributed by atoms with van der Waals surface area (Å²) in [5.41, 5.74) is 4.38. The average molecular weight is 660 g/mol. The van der Waals surface area contributed by atoms with Crippen LogP contribution in [0.1, 0.15) is 53.8 Å². The number of nitriles is 1. The number of thiophene rings is 1. The summed E-state index contributed by atoms with van der Waals surface area (Å²) in [5.74, 6) is 1.99. The molecular formula is C35H46FN9OS. The van der Waals surface area contributed by atoms with E-state index in [-0.39, 0.29) is 11.9 Å². The Bertz CT molecular complexity index is 1760. The van der Waals surface area contributed by atoms with Gasteiger partial charge in [0.05, 0.1) is 5.39 Å². The smallest absolute Gasteiger partial charge is 0.225 e. The van der Waals surface area contributed by atoms with Crippen LogP contribution in [0.25, 0.3) is 21.1 Å². The number of aromatic nitrogens is 3. The number of amides is 1. The van der Waals surface area contributed by atoms with Gasteiger partial charge in [-0.25, -0.2) is 9.37 Å². The summed E-state index contributed by atoms with van der Waals surface area (Å²) < 4.78 is 15.5. The Labute approximate surface area is 280 Å². The Kier molecular flexibility index (Phi) is 10.2. The lowest BCUT2D eigenvalue weighted by Crippen LogP contribution is -2.39. The van der Waals surface area contributed by atoms with Gasteiger partial charge in [0.1, 0.15) is 29.1 Å². The van der Waals surface area contributed by atoms with E-state index in [0.29, 0.717) is 28.9 Å². The van der Waals surface area contributed by atoms with Gasteiger partial charge in [-0.1, -0.05) is 6.07 Å². The predicted octanol–water partition coefficient (Wildman–Crippen LogP) is 5.60. The molecule has 0 radical (unpaired) electrons. The largest absolute Gasteiger partial charge is 0.367 e. The number of anilines is 2. The van der Waals surface area contributed by atoms with E-state index < -0.39 is 6.67 Å². The number of rotatable bonds is 11. The Balaban J connectivity index is 1.06. The van der Waals surface area contributed by atoms with E-state index in [1.165, 1.54) is 22.5 Å². The molecule has 2 saturated heterocycles. The van der Waals surface area contributed by atoms with Gasteiger partial charge >= 0.3 is 0 Å². The molecule has 6 rings (SSSR count). The minimum Gasteiger partial charge on any atom is -0.367 e. The third-order valence-corrected chi connectivity index (χ3v) is 11.0. The van der Waals surface area contributed by atoms with Crippen molar-refractivity contribution >= 4 is 50.1 Å². The Morgan fingerprint density at radius 1 is 1.06 bits per heavy atom. The number of nitrogens with zero attached hydrogens (tertiary/aromatic N) is 7. The van der Waals surface area contributed by atoms with Gasteiger partial charge in [-0.05, 0) is 80.9 Å². The number of fused-ring (bicyclic) bond motifs is 2. The molecule has 0 spiro atoms. The lowest BCUT2D eigenvalue weighted by Gasteiger charge is -2.33. The average Bonchev–Trinajstić information content (AvgIpc) is 3.68. The highest BCUT2D eigenvalue weighted by atomic mass is 32.1.